The number of carbonyl (C=O) groups is 1. The molecule has 0 heterocycles. The largest absolute Gasteiger partial charge is 0.385 e. The SMILES string of the molecule is CCC(CC(C)(O)c1ccccc1)C(C)=O. The summed E-state index contributed by atoms with van der Waals surface area (Å²) in [5.74, 6) is 0.0916. The number of Topliss-reactive ketones (excluding diaryl/α,β-unsaturated/α-hetero) is 1. The van der Waals surface area contributed by atoms with Crippen LogP contribution in [0, 0.1) is 5.92 Å². The van der Waals surface area contributed by atoms with E-state index in [1.807, 2.05) is 37.3 Å². The minimum absolute atomic E-state index is 0.0600. The maximum Gasteiger partial charge on any atom is 0.133 e. The summed E-state index contributed by atoms with van der Waals surface area (Å²) < 4.78 is 0. The third-order valence-corrected chi connectivity index (χ3v) is 3.11. The van der Waals surface area contributed by atoms with Crippen molar-refractivity contribution < 1.29 is 9.90 Å². The molecule has 0 spiro atoms. The lowest BCUT2D eigenvalue weighted by Gasteiger charge is -2.27. The number of carbonyl (C=O) groups excluding carboxylic acids is 1. The van der Waals surface area contributed by atoms with Crippen LogP contribution >= 0.6 is 0 Å². The van der Waals surface area contributed by atoms with Gasteiger partial charge in [0.1, 0.15) is 5.78 Å². The molecule has 88 valence electrons. The van der Waals surface area contributed by atoms with Gasteiger partial charge in [0.2, 0.25) is 0 Å². The molecule has 0 saturated carbocycles. The smallest absolute Gasteiger partial charge is 0.133 e. The van der Waals surface area contributed by atoms with Crippen LogP contribution in [-0.2, 0) is 10.4 Å². The van der Waals surface area contributed by atoms with E-state index in [1.165, 1.54) is 0 Å². The van der Waals surface area contributed by atoms with Gasteiger partial charge in [-0.2, -0.15) is 0 Å². The second-order valence-electron chi connectivity index (χ2n) is 4.56. The first-order valence-corrected chi connectivity index (χ1v) is 5.75. The highest BCUT2D eigenvalue weighted by molar-refractivity contribution is 5.78. The molecule has 0 aromatic heterocycles. The number of rotatable bonds is 5. The molecule has 0 fully saturated rings. The summed E-state index contributed by atoms with van der Waals surface area (Å²) in [6.45, 7) is 5.34. The first-order chi connectivity index (χ1) is 7.47. The lowest BCUT2D eigenvalue weighted by molar-refractivity contribution is -0.123. The van der Waals surface area contributed by atoms with Crippen molar-refractivity contribution in [2.24, 2.45) is 5.92 Å². The summed E-state index contributed by atoms with van der Waals surface area (Å²) in [6.07, 6.45) is 1.27. The molecule has 0 aliphatic heterocycles. The van der Waals surface area contributed by atoms with Gasteiger partial charge in [-0.3, -0.25) is 4.79 Å². The van der Waals surface area contributed by atoms with Crippen LogP contribution in [-0.4, -0.2) is 10.9 Å². The molecule has 0 radical (unpaired) electrons. The maximum atomic E-state index is 11.4. The van der Waals surface area contributed by atoms with Crippen molar-refractivity contribution in [1.82, 2.24) is 0 Å². The van der Waals surface area contributed by atoms with Crippen LogP contribution in [0.15, 0.2) is 30.3 Å². The summed E-state index contributed by atoms with van der Waals surface area (Å²) in [5.41, 5.74) is -0.0529. The fraction of sp³-hybridized carbons (Fsp3) is 0.500. The van der Waals surface area contributed by atoms with E-state index in [1.54, 1.807) is 13.8 Å². The van der Waals surface area contributed by atoms with Gasteiger partial charge in [0, 0.05) is 5.92 Å². The molecule has 0 bridgehead atoms. The lowest BCUT2D eigenvalue weighted by Crippen LogP contribution is -2.27. The van der Waals surface area contributed by atoms with Crippen molar-refractivity contribution in [3.8, 4) is 0 Å². The summed E-state index contributed by atoms with van der Waals surface area (Å²) >= 11 is 0. The zero-order valence-electron chi connectivity index (χ0n) is 10.2. The fourth-order valence-electron chi connectivity index (χ4n) is 1.97. The van der Waals surface area contributed by atoms with Crippen molar-refractivity contribution in [3.05, 3.63) is 35.9 Å². The number of hydrogen-bond donors (Lipinski definition) is 1. The maximum absolute atomic E-state index is 11.4. The van der Waals surface area contributed by atoms with E-state index in [-0.39, 0.29) is 11.7 Å². The first kappa shape index (κ1) is 12.9. The molecular formula is C14H20O2. The van der Waals surface area contributed by atoms with Gasteiger partial charge in [-0.25, -0.2) is 0 Å². The molecule has 0 amide bonds. The van der Waals surface area contributed by atoms with E-state index in [0.717, 1.165) is 12.0 Å². The zero-order chi connectivity index (χ0) is 12.2. The molecule has 1 aromatic carbocycles. The highest BCUT2D eigenvalue weighted by Gasteiger charge is 2.28. The minimum atomic E-state index is -0.923. The number of ketones is 1. The van der Waals surface area contributed by atoms with Gasteiger partial charge in [0.05, 0.1) is 5.60 Å². The van der Waals surface area contributed by atoms with Crippen molar-refractivity contribution in [3.63, 3.8) is 0 Å². The van der Waals surface area contributed by atoms with Crippen LogP contribution in [0.5, 0.6) is 0 Å². The molecule has 1 rings (SSSR count). The molecule has 1 aromatic rings. The highest BCUT2D eigenvalue weighted by Crippen LogP contribution is 2.29. The van der Waals surface area contributed by atoms with E-state index in [0.29, 0.717) is 6.42 Å². The third kappa shape index (κ3) is 3.17. The Labute approximate surface area is 97.3 Å². The first-order valence-electron chi connectivity index (χ1n) is 5.75. The molecule has 0 aliphatic rings. The average Bonchev–Trinajstić information content (AvgIpc) is 2.27. The normalized spacial score (nSPS) is 16.5. The summed E-state index contributed by atoms with van der Waals surface area (Å²) in [4.78, 5) is 11.4. The summed E-state index contributed by atoms with van der Waals surface area (Å²) in [5, 5.41) is 10.4. The Bertz CT molecular complexity index is 341. The topological polar surface area (TPSA) is 37.3 Å². The summed E-state index contributed by atoms with van der Waals surface area (Å²) in [6, 6.07) is 9.51. The van der Waals surface area contributed by atoms with Crippen molar-refractivity contribution in [2.75, 3.05) is 0 Å². The Hall–Kier alpha value is -1.15. The van der Waals surface area contributed by atoms with E-state index < -0.39 is 5.60 Å². The zero-order valence-corrected chi connectivity index (χ0v) is 10.2. The number of hydrogen-bond acceptors (Lipinski definition) is 2. The van der Waals surface area contributed by atoms with Gasteiger partial charge >= 0.3 is 0 Å². The Kier molecular flexibility index (Phi) is 4.25. The highest BCUT2D eigenvalue weighted by atomic mass is 16.3. The lowest BCUT2D eigenvalue weighted by atomic mass is 9.83. The predicted octanol–water partition coefficient (Wildman–Crippen LogP) is 2.90. The van der Waals surface area contributed by atoms with Crippen LogP contribution in [0.2, 0.25) is 0 Å². The fourth-order valence-corrected chi connectivity index (χ4v) is 1.97. The van der Waals surface area contributed by atoms with Crippen LogP contribution in [0.4, 0.5) is 0 Å². The van der Waals surface area contributed by atoms with Gasteiger partial charge in [0.25, 0.3) is 0 Å². The van der Waals surface area contributed by atoms with E-state index in [2.05, 4.69) is 0 Å². The minimum Gasteiger partial charge on any atom is -0.385 e. The van der Waals surface area contributed by atoms with Crippen molar-refractivity contribution in [1.29, 1.82) is 0 Å². The van der Waals surface area contributed by atoms with Crippen molar-refractivity contribution >= 4 is 5.78 Å². The van der Waals surface area contributed by atoms with Crippen molar-refractivity contribution in [2.45, 2.75) is 39.2 Å². The molecular weight excluding hydrogens is 200 g/mol. The van der Waals surface area contributed by atoms with Gasteiger partial charge in [-0.15, -0.1) is 0 Å². The standard InChI is InChI=1S/C14H20O2/c1-4-12(11(2)15)10-14(3,16)13-8-6-5-7-9-13/h5-9,12,16H,4,10H2,1-3H3. The number of benzene rings is 1. The Morgan fingerprint density at radius 3 is 2.38 bits per heavy atom. The van der Waals surface area contributed by atoms with E-state index in [9.17, 15) is 9.90 Å². The molecule has 0 aliphatic carbocycles. The van der Waals surface area contributed by atoms with Crippen LogP contribution < -0.4 is 0 Å². The van der Waals surface area contributed by atoms with Gasteiger partial charge in [-0.1, -0.05) is 37.3 Å². The Morgan fingerprint density at radius 1 is 1.38 bits per heavy atom. The Balaban J connectivity index is 2.82. The molecule has 16 heavy (non-hydrogen) atoms. The molecule has 2 atom stereocenters. The predicted molar refractivity (Wildman–Crippen MR) is 65.1 cm³/mol. The van der Waals surface area contributed by atoms with Crippen LogP contribution in [0.25, 0.3) is 0 Å². The monoisotopic (exact) mass is 220 g/mol. The molecule has 2 heteroatoms. The third-order valence-electron chi connectivity index (χ3n) is 3.11. The quantitative estimate of drug-likeness (QED) is 0.828. The second-order valence-corrected chi connectivity index (χ2v) is 4.56. The molecule has 2 unspecified atom stereocenters. The van der Waals surface area contributed by atoms with Gasteiger partial charge in [-0.05, 0) is 32.3 Å². The summed E-state index contributed by atoms with van der Waals surface area (Å²) in [7, 11) is 0. The molecule has 0 saturated heterocycles. The Morgan fingerprint density at radius 2 is 1.94 bits per heavy atom. The van der Waals surface area contributed by atoms with Crippen LogP contribution in [0.3, 0.4) is 0 Å². The second kappa shape index (κ2) is 5.26. The van der Waals surface area contributed by atoms with E-state index in [4.69, 9.17) is 0 Å². The van der Waals surface area contributed by atoms with Gasteiger partial charge in [0.15, 0.2) is 0 Å². The molecule has 2 nitrogen and oxygen atoms in total. The average molecular weight is 220 g/mol. The van der Waals surface area contributed by atoms with E-state index >= 15 is 0 Å². The van der Waals surface area contributed by atoms with Gasteiger partial charge < -0.3 is 5.11 Å². The van der Waals surface area contributed by atoms with Crippen LogP contribution in [0.1, 0.15) is 39.2 Å². The molecule has 1 N–H and O–H groups in total. The number of aliphatic hydroxyl groups is 1.